The van der Waals surface area contributed by atoms with Gasteiger partial charge in [0.05, 0.1) is 5.69 Å². The summed E-state index contributed by atoms with van der Waals surface area (Å²) < 4.78 is 4.88. The number of nitrogens with one attached hydrogen (secondary N) is 1. The zero-order chi connectivity index (χ0) is 14.3. The van der Waals surface area contributed by atoms with Gasteiger partial charge >= 0.3 is 5.97 Å². The Bertz CT molecular complexity index is 547. The third-order valence-corrected chi connectivity index (χ3v) is 2.89. The van der Waals surface area contributed by atoms with Gasteiger partial charge in [-0.1, -0.05) is 29.1 Å². The highest BCUT2D eigenvalue weighted by molar-refractivity contribution is 7.17. The summed E-state index contributed by atoms with van der Waals surface area (Å²) in [7, 11) is 0. The summed E-state index contributed by atoms with van der Waals surface area (Å²) in [6, 6.07) is 0. The van der Waals surface area contributed by atoms with Gasteiger partial charge in [-0.2, -0.15) is 0 Å². The molecule has 0 spiro atoms. The zero-order valence-electron chi connectivity index (χ0n) is 10.1. The van der Waals surface area contributed by atoms with Gasteiger partial charge in [0.1, 0.15) is 18.0 Å². The molecule has 0 fully saturated rings. The fourth-order valence-electron chi connectivity index (χ4n) is 1.09. The van der Waals surface area contributed by atoms with Crippen molar-refractivity contribution in [3.63, 3.8) is 0 Å². The van der Waals surface area contributed by atoms with Gasteiger partial charge in [0.15, 0.2) is 5.13 Å². The summed E-state index contributed by atoms with van der Waals surface area (Å²) in [6.07, 6.45) is 1.46. The number of anilines is 1. The summed E-state index contributed by atoms with van der Waals surface area (Å²) in [5.74, 6) is -1.02. The lowest BCUT2D eigenvalue weighted by Gasteiger charge is -1.98. The molecule has 1 rings (SSSR count). The first-order valence-electron chi connectivity index (χ1n) is 5.14. The van der Waals surface area contributed by atoms with Crippen molar-refractivity contribution in [2.75, 3.05) is 18.5 Å². The second-order valence-electron chi connectivity index (χ2n) is 3.26. The lowest BCUT2D eigenvalue weighted by atomic mass is 10.4. The van der Waals surface area contributed by atoms with E-state index in [1.54, 1.807) is 6.92 Å². The number of carbonyl (C=O) groups is 2. The van der Waals surface area contributed by atoms with Crippen LogP contribution in [0.3, 0.4) is 0 Å². The van der Waals surface area contributed by atoms with Gasteiger partial charge in [0.25, 0.3) is 0 Å². The van der Waals surface area contributed by atoms with Crippen molar-refractivity contribution in [1.82, 2.24) is 4.98 Å². The average molecular weight is 281 g/mol. The van der Waals surface area contributed by atoms with Gasteiger partial charge in [-0.3, -0.25) is 4.79 Å². The summed E-state index contributed by atoms with van der Waals surface area (Å²) in [4.78, 5) is 29.7. The Balaban J connectivity index is 2.73. The van der Waals surface area contributed by atoms with E-state index in [0.717, 1.165) is 11.3 Å². The minimum Gasteiger partial charge on any atom is -0.457 e. The SMILES string of the molecule is C=CCOC(=O)c1sc(NC(=O)CN=[N+]=[N-])nc1C. The van der Waals surface area contributed by atoms with Crippen LogP contribution in [0, 0.1) is 6.92 Å². The molecule has 0 aromatic carbocycles. The summed E-state index contributed by atoms with van der Waals surface area (Å²) in [5.41, 5.74) is 8.54. The molecule has 9 heteroatoms. The number of carbonyl (C=O) groups excluding carboxylic acids is 2. The first kappa shape index (κ1) is 14.7. The van der Waals surface area contributed by atoms with E-state index in [0.29, 0.717) is 10.6 Å². The van der Waals surface area contributed by atoms with Crippen molar-refractivity contribution in [2.45, 2.75) is 6.92 Å². The van der Waals surface area contributed by atoms with E-state index in [9.17, 15) is 9.59 Å². The third-order valence-electron chi connectivity index (χ3n) is 1.84. The van der Waals surface area contributed by atoms with Crippen LogP contribution >= 0.6 is 11.3 Å². The molecule has 1 aromatic heterocycles. The molecule has 1 amide bonds. The number of ether oxygens (including phenoxy) is 1. The Morgan fingerprint density at radius 2 is 2.42 bits per heavy atom. The first-order valence-corrected chi connectivity index (χ1v) is 5.96. The highest BCUT2D eigenvalue weighted by Gasteiger charge is 2.17. The molecule has 0 atom stereocenters. The van der Waals surface area contributed by atoms with Gasteiger partial charge in [0.2, 0.25) is 5.91 Å². The fourth-order valence-corrected chi connectivity index (χ4v) is 1.97. The van der Waals surface area contributed by atoms with E-state index in [1.165, 1.54) is 6.08 Å². The van der Waals surface area contributed by atoms with Crippen LogP contribution in [0.25, 0.3) is 10.4 Å². The lowest BCUT2D eigenvalue weighted by Crippen LogP contribution is -2.13. The molecule has 0 bridgehead atoms. The van der Waals surface area contributed by atoms with Crippen LogP contribution in [-0.4, -0.2) is 30.0 Å². The van der Waals surface area contributed by atoms with Crippen molar-refractivity contribution in [3.05, 3.63) is 33.7 Å². The minimum atomic E-state index is -0.523. The van der Waals surface area contributed by atoms with Crippen LogP contribution in [-0.2, 0) is 9.53 Å². The van der Waals surface area contributed by atoms with Gasteiger partial charge in [-0.05, 0) is 12.5 Å². The van der Waals surface area contributed by atoms with Crippen LogP contribution in [0.2, 0.25) is 0 Å². The van der Waals surface area contributed by atoms with Crippen molar-refractivity contribution in [1.29, 1.82) is 0 Å². The maximum atomic E-state index is 11.6. The topological polar surface area (TPSA) is 117 Å². The molecule has 0 radical (unpaired) electrons. The Hall–Kier alpha value is -2.38. The Labute approximate surface area is 112 Å². The molecule has 0 aliphatic carbocycles. The summed E-state index contributed by atoms with van der Waals surface area (Å²) in [6.45, 7) is 4.84. The van der Waals surface area contributed by atoms with E-state index in [-0.39, 0.29) is 18.3 Å². The molecular weight excluding hydrogens is 270 g/mol. The highest BCUT2D eigenvalue weighted by atomic mass is 32.1. The molecule has 1 aromatic rings. The number of amides is 1. The predicted molar refractivity (Wildman–Crippen MR) is 70.0 cm³/mol. The number of aromatic nitrogens is 1. The standard InChI is InChI=1S/C10H11N5O3S/c1-3-4-18-9(17)8-6(2)13-10(19-8)14-7(16)5-12-15-11/h3H,1,4-5H2,2H3,(H,13,14,16). The van der Waals surface area contributed by atoms with Crippen LogP contribution in [0.5, 0.6) is 0 Å². The number of azide groups is 1. The average Bonchev–Trinajstić information content (AvgIpc) is 2.74. The number of thiazole rings is 1. The van der Waals surface area contributed by atoms with E-state index in [4.69, 9.17) is 10.3 Å². The molecule has 1 N–H and O–H groups in total. The molecule has 100 valence electrons. The second-order valence-corrected chi connectivity index (χ2v) is 4.26. The van der Waals surface area contributed by atoms with Crippen molar-refractivity contribution in [3.8, 4) is 0 Å². The van der Waals surface area contributed by atoms with Gasteiger partial charge in [0, 0.05) is 4.91 Å². The number of hydrogen-bond donors (Lipinski definition) is 1. The smallest absolute Gasteiger partial charge is 0.350 e. The third kappa shape index (κ3) is 4.41. The number of aryl methyl sites for hydroxylation is 1. The van der Waals surface area contributed by atoms with Crippen molar-refractivity contribution >= 4 is 28.3 Å². The number of esters is 1. The number of rotatable bonds is 6. The Kier molecular flexibility index (Phi) is 5.52. The summed E-state index contributed by atoms with van der Waals surface area (Å²) >= 11 is 0.993. The molecule has 0 saturated heterocycles. The van der Waals surface area contributed by atoms with Crippen LogP contribution in [0.15, 0.2) is 17.8 Å². The van der Waals surface area contributed by atoms with Crippen LogP contribution < -0.4 is 5.32 Å². The molecule has 0 saturated carbocycles. The maximum Gasteiger partial charge on any atom is 0.350 e. The first-order chi connectivity index (χ1) is 9.08. The molecule has 0 aliphatic rings. The van der Waals surface area contributed by atoms with E-state index in [1.807, 2.05) is 0 Å². The van der Waals surface area contributed by atoms with Gasteiger partial charge in [-0.25, -0.2) is 9.78 Å². The Morgan fingerprint density at radius 1 is 1.68 bits per heavy atom. The molecule has 19 heavy (non-hydrogen) atoms. The lowest BCUT2D eigenvalue weighted by molar-refractivity contribution is -0.114. The predicted octanol–water partition coefficient (Wildman–Crippen LogP) is 2.04. The monoisotopic (exact) mass is 281 g/mol. The van der Waals surface area contributed by atoms with Gasteiger partial charge < -0.3 is 10.1 Å². The van der Waals surface area contributed by atoms with E-state index < -0.39 is 11.9 Å². The van der Waals surface area contributed by atoms with Gasteiger partial charge in [-0.15, -0.1) is 0 Å². The van der Waals surface area contributed by atoms with Crippen LogP contribution in [0.4, 0.5) is 5.13 Å². The fraction of sp³-hybridized carbons (Fsp3) is 0.300. The quantitative estimate of drug-likeness (QED) is 0.282. The largest absolute Gasteiger partial charge is 0.457 e. The normalized spacial score (nSPS) is 9.32. The van der Waals surface area contributed by atoms with Crippen molar-refractivity contribution in [2.24, 2.45) is 5.11 Å². The molecule has 1 heterocycles. The molecular formula is C10H11N5O3S. The van der Waals surface area contributed by atoms with E-state index in [2.05, 4.69) is 26.9 Å². The zero-order valence-corrected chi connectivity index (χ0v) is 10.9. The van der Waals surface area contributed by atoms with Crippen LogP contribution in [0.1, 0.15) is 15.4 Å². The Morgan fingerprint density at radius 3 is 3.05 bits per heavy atom. The number of hydrogen-bond acceptors (Lipinski definition) is 6. The maximum absolute atomic E-state index is 11.6. The van der Waals surface area contributed by atoms with E-state index >= 15 is 0 Å². The molecule has 0 unspecified atom stereocenters. The van der Waals surface area contributed by atoms with Crippen molar-refractivity contribution < 1.29 is 14.3 Å². The highest BCUT2D eigenvalue weighted by Crippen LogP contribution is 2.23. The molecule has 0 aliphatic heterocycles. The molecule has 8 nitrogen and oxygen atoms in total. The minimum absolute atomic E-state index is 0.106. The summed E-state index contributed by atoms with van der Waals surface area (Å²) in [5, 5.41) is 5.79. The second kappa shape index (κ2) is 7.14. The number of nitrogens with zero attached hydrogens (tertiary/aromatic N) is 4.